The van der Waals surface area contributed by atoms with E-state index in [0.29, 0.717) is 13.0 Å². The van der Waals surface area contributed by atoms with E-state index in [2.05, 4.69) is 5.32 Å². The average molecular weight is 221 g/mol. The number of hydrogen-bond donors (Lipinski definition) is 1. The van der Waals surface area contributed by atoms with Crippen LogP contribution in [0.4, 0.5) is 0 Å². The standard InChI is InChI=1S/C13H19NO2/c1-5-13(15)14-8-11-6-7-12(16-4)10(3)9(11)2/h6-7H,5,8H2,1-4H3,(H,14,15). The highest BCUT2D eigenvalue weighted by molar-refractivity contribution is 5.75. The van der Waals surface area contributed by atoms with Crippen molar-refractivity contribution >= 4 is 5.91 Å². The molecule has 1 N–H and O–H groups in total. The molecule has 88 valence electrons. The number of hydrogen-bond acceptors (Lipinski definition) is 2. The molecule has 3 heteroatoms. The molecule has 0 aliphatic heterocycles. The highest BCUT2D eigenvalue weighted by atomic mass is 16.5. The van der Waals surface area contributed by atoms with Gasteiger partial charge in [0.2, 0.25) is 5.91 Å². The summed E-state index contributed by atoms with van der Waals surface area (Å²) in [6.07, 6.45) is 0.522. The lowest BCUT2D eigenvalue weighted by molar-refractivity contribution is -0.120. The number of methoxy groups -OCH3 is 1. The minimum Gasteiger partial charge on any atom is -0.496 e. The van der Waals surface area contributed by atoms with E-state index in [1.807, 2.05) is 32.9 Å². The molecule has 1 amide bonds. The van der Waals surface area contributed by atoms with Crippen LogP contribution in [0.1, 0.15) is 30.0 Å². The molecule has 0 aliphatic carbocycles. The summed E-state index contributed by atoms with van der Waals surface area (Å²) in [5.41, 5.74) is 3.45. The Morgan fingerprint density at radius 3 is 2.56 bits per heavy atom. The number of benzene rings is 1. The van der Waals surface area contributed by atoms with Crippen LogP contribution >= 0.6 is 0 Å². The average Bonchev–Trinajstić information content (AvgIpc) is 2.30. The minimum atomic E-state index is 0.0767. The van der Waals surface area contributed by atoms with Gasteiger partial charge in [0.05, 0.1) is 7.11 Å². The SMILES string of the molecule is CCC(=O)NCc1ccc(OC)c(C)c1C. The Hall–Kier alpha value is -1.51. The quantitative estimate of drug-likeness (QED) is 0.847. The number of nitrogens with one attached hydrogen (secondary N) is 1. The molecule has 0 heterocycles. The molecule has 0 saturated heterocycles. The Balaban J connectivity index is 2.82. The number of amides is 1. The van der Waals surface area contributed by atoms with Crippen LogP contribution in [-0.2, 0) is 11.3 Å². The van der Waals surface area contributed by atoms with Crippen molar-refractivity contribution < 1.29 is 9.53 Å². The zero-order chi connectivity index (χ0) is 12.1. The molecule has 0 aliphatic rings. The molecule has 3 nitrogen and oxygen atoms in total. The molecule has 0 unspecified atom stereocenters. The fourth-order valence-corrected chi connectivity index (χ4v) is 1.58. The van der Waals surface area contributed by atoms with Crippen LogP contribution in [-0.4, -0.2) is 13.0 Å². The first-order chi connectivity index (χ1) is 7.60. The maximum atomic E-state index is 11.2. The highest BCUT2D eigenvalue weighted by Crippen LogP contribution is 2.23. The van der Waals surface area contributed by atoms with Gasteiger partial charge in [0.25, 0.3) is 0 Å². The van der Waals surface area contributed by atoms with Gasteiger partial charge >= 0.3 is 0 Å². The minimum absolute atomic E-state index is 0.0767. The van der Waals surface area contributed by atoms with E-state index in [-0.39, 0.29) is 5.91 Å². The summed E-state index contributed by atoms with van der Waals surface area (Å²) >= 11 is 0. The summed E-state index contributed by atoms with van der Waals surface area (Å²) in [6, 6.07) is 3.94. The summed E-state index contributed by atoms with van der Waals surface area (Å²) in [4.78, 5) is 11.2. The van der Waals surface area contributed by atoms with E-state index < -0.39 is 0 Å². The smallest absolute Gasteiger partial charge is 0.219 e. The molecule has 1 aromatic rings. The molecule has 0 bridgehead atoms. The zero-order valence-electron chi connectivity index (χ0n) is 10.4. The second-order valence-corrected chi connectivity index (χ2v) is 3.81. The first-order valence-electron chi connectivity index (χ1n) is 5.49. The molecule has 1 rings (SSSR count). The molecule has 16 heavy (non-hydrogen) atoms. The fraction of sp³-hybridized carbons (Fsp3) is 0.462. The summed E-state index contributed by atoms with van der Waals surface area (Å²) in [7, 11) is 1.67. The van der Waals surface area contributed by atoms with Crippen molar-refractivity contribution in [3.63, 3.8) is 0 Å². The molecule has 0 atom stereocenters. The van der Waals surface area contributed by atoms with E-state index in [1.165, 1.54) is 5.56 Å². The van der Waals surface area contributed by atoms with Crippen LogP contribution in [0.5, 0.6) is 5.75 Å². The predicted octanol–water partition coefficient (Wildman–Crippen LogP) is 2.34. The van der Waals surface area contributed by atoms with Crippen molar-refractivity contribution in [3.8, 4) is 5.75 Å². The normalized spacial score (nSPS) is 10.0. The van der Waals surface area contributed by atoms with Crippen molar-refractivity contribution in [2.75, 3.05) is 7.11 Å². The molecule has 0 radical (unpaired) electrons. The van der Waals surface area contributed by atoms with Gasteiger partial charge < -0.3 is 10.1 Å². The largest absolute Gasteiger partial charge is 0.496 e. The van der Waals surface area contributed by atoms with Gasteiger partial charge in [-0.05, 0) is 36.6 Å². The van der Waals surface area contributed by atoms with Gasteiger partial charge in [-0.25, -0.2) is 0 Å². The van der Waals surface area contributed by atoms with Crippen LogP contribution in [0.3, 0.4) is 0 Å². The molecular formula is C13H19NO2. The molecule has 0 spiro atoms. The Morgan fingerprint density at radius 2 is 2.00 bits per heavy atom. The Morgan fingerprint density at radius 1 is 1.31 bits per heavy atom. The van der Waals surface area contributed by atoms with Gasteiger partial charge in [-0.3, -0.25) is 4.79 Å². The van der Waals surface area contributed by atoms with Gasteiger partial charge in [0.15, 0.2) is 0 Å². The van der Waals surface area contributed by atoms with Crippen LogP contribution in [0.25, 0.3) is 0 Å². The second kappa shape index (κ2) is 5.54. The third kappa shape index (κ3) is 2.75. The summed E-state index contributed by atoms with van der Waals surface area (Å²) < 4.78 is 5.24. The van der Waals surface area contributed by atoms with Crippen molar-refractivity contribution in [3.05, 3.63) is 28.8 Å². The number of ether oxygens (including phenoxy) is 1. The van der Waals surface area contributed by atoms with E-state index in [9.17, 15) is 4.79 Å². The number of carbonyl (C=O) groups is 1. The maximum Gasteiger partial charge on any atom is 0.219 e. The lowest BCUT2D eigenvalue weighted by Crippen LogP contribution is -2.22. The third-order valence-corrected chi connectivity index (χ3v) is 2.87. The van der Waals surface area contributed by atoms with Crippen molar-refractivity contribution in [1.82, 2.24) is 5.32 Å². The fourth-order valence-electron chi connectivity index (χ4n) is 1.58. The van der Waals surface area contributed by atoms with Gasteiger partial charge in [-0.15, -0.1) is 0 Å². The number of rotatable bonds is 4. The summed E-state index contributed by atoms with van der Waals surface area (Å²) in [6.45, 7) is 6.51. The Labute approximate surface area is 96.8 Å². The maximum absolute atomic E-state index is 11.2. The van der Waals surface area contributed by atoms with E-state index >= 15 is 0 Å². The Kier molecular flexibility index (Phi) is 4.35. The Bertz CT molecular complexity index is 386. The van der Waals surface area contributed by atoms with Gasteiger partial charge in [-0.2, -0.15) is 0 Å². The van der Waals surface area contributed by atoms with Crippen molar-refractivity contribution in [2.45, 2.75) is 33.7 Å². The molecule has 0 saturated carbocycles. The van der Waals surface area contributed by atoms with E-state index in [1.54, 1.807) is 7.11 Å². The van der Waals surface area contributed by atoms with Crippen LogP contribution in [0.15, 0.2) is 12.1 Å². The van der Waals surface area contributed by atoms with Crippen molar-refractivity contribution in [1.29, 1.82) is 0 Å². The molecule has 0 fully saturated rings. The van der Waals surface area contributed by atoms with Crippen LogP contribution in [0, 0.1) is 13.8 Å². The van der Waals surface area contributed by atoms with Crippen molar-refractivity contribution in [2.24, 2.45) is 0 Å². The van der Waals surface area contributed by atoms with Gasteiger partial charge in [0.1, 0.15) is 5.75 Å². The lowest BCUT2D eigenvalue weighted by Gasteiger charge is -2.13. The molecule has 0 aromatic heterocycles. The zero-order valence-corrected chi connectivity index (χ0v) is 10.4. The first kappa shape index (κ1) is 12.6. The van der Waals surface area contributed by atoms with E-state index in [4.69, 9.17) is 4.74 Å². The van der Waals surface area contributed by atoms with E-state index in [0.717, 1.165) is 16.9 Å². The lowest BCUT2D eigenvalue weighted by atomic mass is 10.0. The first-order valence-corrected chi connectivity index (χ1v) is 5.49. The summed E-state index contributed by atoms with van der Waals surface area (Å²) in [5, 5.41) is 2.87. The topological polar surface area (TPSA) is 38.3 Å². The van der Waals surface area contributed by atoms with Gasteiger partial charge in [0, 0.05) is 13.0 Å². The third-order valence-electron chi connectivity index (χ3n) is 2.87. The van der Waals surface area contributed by atoms with Crippen LogP contribution < -0.4 is 10.1 Å². The van der Waals surface area contributed by atoms with Gasteiger partial charge in [-0.1, -0.05) is 13.0 Å². The summed E-state index contributed by atoms with van der Waals surface area (Å²) in [5.74, 6) is 0.968. The second-order valence-electron chi connectivity index (χ2n) is 3.81. The highest BCUT2D eigenvalue weighted by Gasteiger charge is 2.07. The van der Waals surface area contributed by atoms with Crippen LogP contribution in [0.2, 0.25) is 0 Å². The molecule has 1 aromatic carbocycles. The number of carbonyl (C=O) groups excluding carboxylic acids is 1. The molecular weight excluding hydrogens is 202 g/mol. The monoisotopic (exact) mass is 221 g/mol. The predicted molar refractivity (Wildman–Crippen MR) is 64.6 cm³/mol.